The number of halogens is 1. The van der Waals surface area contributed by atoms with Gasteiger partial charge in [-0.3, -0.25) is 4.90 Å². The van der Waals surface area contributed by atoms with Crippen molar-refractivity contribution in [3.05, 3.63) is 36.2 Å². The molecule has 0 N–H and O–H groups in total. The number of hydrogen-bond acceptors (Lipinski definition) is 2. The van der Waals surface area contributed by atoms with Crippen LogP contribution in [0.2, 0.25) is 0 Å². The van der Waals surface area contributed by atoms with E-state index in [0.717, 1.165) is 18.8 Å². The van der Waals surface area contributed by atoms with E-state index < -0.39 is 6.17 Å². The molecule has 0 saturated carbocycles. The minimum atomic E-state index is -0.640. The Labute approximate surface area is 103 Å². The maximum Gasteiger partial charge on any atom is 0.114 e. The summed E-state index contributed by atoms with van der Waals surface area (Å²) in [7, 11) is 0. The van der Waals surface area contributed by atoms with Crippen LogP contribution in [0.5, 0.6) is 0 Å². The Hall–Kier alpha value is -1.09. The lowest BCUT2D eigenvalue weighted by atomic mass is 10.1. The molecule has 0 aromatic carbocycles. The third kappa shape index (κ3) is 2.97. The van der Waals surface area contributed by atoms with Gasteiger partial charge >= 0.3 is 0 Å². The van der Waals surface area contributed by atoms with E-state index in [2.05, 4.69) is 42.5 Å². The van der Waals surface area contributed by atoms with Gasteiger partial charge in [-0.15, -0.1) is 0 Å². The van der Waals surface area contributed by atoms with E-state index in [1.54, 1.807) is 0 Å². The maximum atomic E-state index is 13.1. The molecule has 0 amide bonds. The normalized spacial score (nSPS) is 25.9. The highest BCUT2D eigenvalue weighted by atomic mass is 19.1. The molecule has 1 fully saturated rings. The summed E-state index contributed by atoms with van der Waals surface area (Å²) < 4.78 is 13.1. The zero-order valence-corrected chi connectivity index (χ0v) is 10.7. The van der Waals surface area contributed by atoms with E-state index in [-0.39, 0.29) is 0 Å². The molecule has 0 aliphatic carbocycles. The van der Waals surface area contributed by atoms with Crippen LogP contribution in [-0.2, 0) is 0 Å². The van der Waals surface area contributed by atoms with Gasteiger partial charge in [0.15, 0.2) is 0 Å². The summed E-state index contributed by atoms with van der Waals surface area (Å²) >= 11 is 0. The summed E-state index contributed by atoms with van der Waals surface area (Å²) in [6.07, 6.45) is 6.31. The molecular weight excluding hydrogens is 215 g/mol. The predicted octanol–water partition coefficient (Wildman–Crippen LogP) is 2.71. The molecule has 0 spiro atoms. The highest BCUT2D eigenvalue weighted by Gasteiger charge is 2.22. The summed E-state index contributed by atoms with van der Waals surface area (Å²) in [4.78, 5) is 4.34. The predicted molar refractivity (Wildman–Crippen MR) is 69.3 cm³/mol. The van der Waals surface area contributed by atoms with E-state index in [0.29, 0.717) is 19.0 Å². The van der Waals surface area contributed by atoms with Gasteiger partial charge in [-0.2, -0.15) is 0 Å². The van der Waals surface area contributed by atoms with Crippen molar-refractivity contribution in [2.45, 2.75) is 32.5 Å². The highest BCUT2D eigenvalue weighted by Crippen LogP contribution is 2.21. The Balaban J connectivity index is 1.99. The first-order chi connectivity index (χ1) is 8.06. The van der Waals surface area contributed by atoms with Crippen molar-refractivity contribution in [2.75, 3.05) is 19.6 Å². The molecule has 2 heterocycles. The van der Waals surface area contributed by atoms with Crippen molar-refractivity contribution in [1.82, 2.24) is 9.80 Å². The molecule has 1 saturated heterocycles. The van der Waals surface area contributed by atoms with Gasteiger partial charge in [-0.1, -0.05) is 12.7 Å². The fraction of sp³-hybridized carbons (Fsp3) is 0.571. The van der Waals surface area contributed by atoms with E-state index in [1.807, 2.05) is 6.08 Å². The van der Waals surface area contributed by atoms with Gasteiger partial charge in [0, 0.05) is 37.6 Å². The standard InChI is InChI=1S/C14H21FN2/c1-11(2)17-9-13(5-4-12(17)3)8-16-7-6-14(15)10-16/h4-5,9,11,14H,3,6-8,10H2,1-2H3/t14-/m1/s1. The van der Waals surface area contributed by atoms with Gasteiger partial charge in [0.2, 0.25) is 0 Å². The summed E-state index contributed by atoms with van der Waals surface area (Å²) in [6.45, 7) is 10.6. The third-order valence-corrected chi connectivity index (χ3v) is 3.30. The molecule has 0 radical (unpaired) electrons. The fourth-order valence-electron chi connectivity index (χ4n) is 2.36. The molecule has 0 aromatic heterocycles. The number of rotatable bonds is 3. The van der Waals surface area contributed by atoms with Gasteiger partial charge in [0.25, 0.3) is 0 Å². The van der Waals surface area contributed by atoms with E-state index in [4.69, 9.17) is 0 Å². The van der Waals surface area contributed by atoms with Crippen LogP contribution in [0.1, 0.15) is 20.3 Å². The molecular formula is C14H21FN2. The Morgan fingerprint density at radius 2 is 2.24 bits per heavy atom. The fourth-order valence-corrected chi connectivity index (χ4v) is 2.36. The van der Waals surface area contributed by atoms with Crippen LogP contribution in [0.25, 0.3) is 0 Å². The minimum Gasteiger partial charge on any atom is -0.346 e. The third-order valence-electron chi connectivity index (χ3n) is 3.30. The molecule has 17 heavy (non-hydrogen) atoms. The molecule has 2 aliphatic rings. The molecule has 2 rings (SSSR count). The number of nitrogens with zero attached hydrogens (tertiary/aromatic N) is 2. The second kappa shape index (κ2) is 5.05. The van der Waals surface area contributed by atoms with Gasteiger partial charge < -0.3 is 4.90 Å². The largest absolute Gasteiger partial charge is 0.346 e. The molecule has 94 valence electrons. The van der Waals surface area contributed by atoms with Crippen LogP contribution in [0.4, 0.5) is 4.39 Å². The Bertz CT molecular complexity index is 357. The molecule has 3 heteroatoms. The van der Waals surface area contributed by atoms with Crippen molar-refractivity contribution in [1.29, 1.82) is 0 Å². The van der Waals surface area contributed by atoms with Gasteiger partial charge in [0.05, 0.1) is 0 Å². The quantitative estimate of drug-likeness (QED) is 0.743. The monoisotopic (exact) mass is 236 g/mol. The second-order valence-electron chi connectivity index (χ2n) is 5.15. The van der Waals surface area contributed by atoms with Crippen LogP contribution < -0.4 is 0 Å². The average Bonchev–Trinajstić information content (AvgIpc) is 2.66. The van der Waals surface area contributed by atoms with Crippen molar-refractivity contribution in [3.63, 3.8) is 0 Å². The lowest BCUT2D eigenvalue weighted by Gasteiger charge is -2.30. The maximum absolute atomic E-state index is 13.1. The number of hydrogen-bond donors (Lipinski definition) is 0. The van der Waals surface area contributed by atoms with Crippen LogP contribution in [-0.4, -0.2) is 41.6 Å². The van der Waals surface area contributed by atoms with E-state index >= 15 is 0 Å². The average molecular weight is 236 g/mol. The first-order valence-electron chi connectivity index (χ1n) is 6.28. The van der Waals surface area contributed by atoms with E-state index in [1.165, 1.54) is 5.57 Å². The number of likely N-dealkylation sites (tertiary alicyclic amines) is 1. The zero-order chi connectivity index (χ0) is 12.4. The lowest BCUT2D eigenvalue weighted by Crippen LogP contribution is -2.29. The van der Waals surface area contributed by atoms with Crippen molar-refractivity contribution in [2.24, 2.45) is 0 Å². The molecule has 2 nitrogen and oxygen atoms in total. The van der Waals surface area contributed by atoms with Crippen LogP contribution >= 0.6 is 0 Å². The zero-order valence-electron chi connectivity index (χ0n) is 10.7. The lowest BCUT2D eigenvalue weighted by molar-refractivity contribution is 0.301. The summed E-state index contributed by atoms with van der Waals surface area (Å²) in [5, 5.41) is 0. The molecule has 0 aromatic rings. The number of allylic oxidation sites excluding steroid dienone is 1. The van der Waals surface area contributed by atoms with Crippen LogP contribution in [0.15, 0.2) is 36.2 Å². The minimum absolute atomic E-state index is 0.412. The highest BCUT2D eigenvalue weighted by molar-refractivity contribution is 5.33. The number of alkyl halides is 1. The van der Waals surface area contributed by atoms with Crippen LogP contribution in [0, 0.1) is 0 Å². The molecule has 0 bridgehead atoms. The Kier molecular flexibility index (Phi) is 3.67. The van der Waals surface area contributed by atoms with Gasteiger partial charge in [-0.25, -0.2) is 4.39 Å². The van der Waals surface area contributed by atoms with Crippen LogP contribution in [0.3, 0.4) is 0 Å². The SMILES string of the molecule is C=C1C=CC(CN2CC[C@@H](F)C2)=CN1C(C)C. The topological polar surface area (TPSA) is 6.48 Å². The Morgan fingerprint density at radius 1 is 1.47 bits per heavy atom. The van der Waals surface area contributed by atoms with Crippen molar-refractivity contribution < 1.29 is 4.39 Å². The molecule has 2 aliphatic heterocycles. The summed E-state index contributed by atoms with van der Waals surface area (Å²) in [5.41, 5.74) is 2.26. The molecule has 0 unspecified atom stereocenters. The second-order valence-corrected chi connectivity index (χ2v) is 5.15. The Morgan fingerprint density at radius 3 is 2.82 bits per heavy atom. The first kappa shape index (κ1) is 12.4. The van der Waals surface area contributed by atoms with Gasteiger partial charge in [0.1, 0.15) is 6.17 Å². The summed E-state index contributed by atoms with van der Waals surface area (Å²) in [5.74, 6) is 0. The van der Waals surface area contributed by atoms with Crippen molar-refractivity contribution in [3.8, 4) is 0 Å². The van der Waals surface area contributed by atoms with Crippen molar-refractivity contribution >= 4 is 0 Å². The first-order valence-corrected chi connectivity index (χ1v) is 6.28. The smallest absolute Gasteiger partial charge is 0.114 e. The van der Waals surface area contributed by atoms with E-state index in [9.17, 15) is 4.39 Å². The molecule has 1 atom stereocenters. The summed E-state index contributed by atoms with van der Waals surface area (Å²) in [6, 6.07) is 0.412. The van der Waals surface area contributed by atoms with Gasteiger partial charge in [-0.05, 0) is 31.9 Å².